The molecule has 0 aliphatic carbocycles. The average Bonchev–Trinajstić information content (AvgIpc) is 3.83. The van der Waals surface area contributed by atoms with Crippen molar-refractivity contribution >= 4 is 62.0 Å². The number of carbonyl (C=O) groups excluding carboxylic acids is 3. The third kappa shape index (κ3) is 8.13. The predicted octanol–water partition coefficient (Wildman–Crippen LogP) is 6.14. The van der Waals surface area contributed by atoms with Crippen molar-refractivity contribution < 1.29 is 19.5 Å². The number of nitrogens with zero attached hydrogens (tertiary/aromatic N) is 9. The number of aliphatic hydroxyl groups excluding tert-OH is 1. The van der Waals surface area contributed by atoms with Crippen LogP contribution < -0.4 is 0 Å². The van der Waals surface area contributed by atoms with Crippen LogP contribution in [-0.2, 0) is 12.8 Å². The van der Waals surface area contributed by atoms with E-state index in [9.17, 15) is 19.5 Å². The van der Waals surface area contributed by atoms with Crippen molar-refractivity contribution in [1.82, 2.24) is 44.9 Å². The van der Waals surface area contributed by atoms with E-state index in [1.807, 2.05) is 42.8 Å². The van der Waals surface area contributed by atoms with Gasteiger partial charge in [0.2, 0.25) is 0 Å². The van der Waals surface area contributed by atoms with Crippen LogP contribution in [0.3, 0.4) is 0 Å². The van der Waals surface area contributed by atoms with Crippen molar-refractivity contribution in [3.63, 3.8) is 0 Å². The average molecular weight is 752 g/mol. The molecule has 8 rings (SSSR count). The Morgan fingerprint density at radius 3 is 1.89 bits per heavy atom. The van der Waals surface area contributed by atoms with Crippen LogP contribution in [0, 0.1) is 13.8 Å². The van der Waals surface area contributed by atoms with Gasteiger partial charge in [0.15, 0.2) is 17.3 Å². The molecule has 6 heterocycles. The summed E-state index contributed by atoms with van der Waals surface area (Å²) in [5.41, 5.74) is 6.04. The molecule has 1 N–H and O–H groups in total. The van der Waals surface area contributed by atoms with Gasteiger partial charge in [-0.05, 0) is 49.7 Å². The number of rotatable bonds is 10. The summed E-state index contributed by atoms with van der Waals surface area (Å²) in [6, 6.07) is 10.4. The van der Waals surface area contributed by atoms with Crippen LogP contribution in [0.1, 0.15) is 75.3 Å². The highest BCUT2D eigenvalue weighted by Crippen LogP contribution is 2.28. The molecule has 15 heteroatoms. The van der Waals surface area contributed by atoms with Gasteiger partial charge in [0.1, 0.15) is 28.8 Å². The summed E-state index contributed by atoms with van der Waals surface area (Å²) in [6.45, 7) is 3.78. The van der Waals surface area contributed by atoms with Crippen molar-refractivity contribution in [3.8, 4) is 0 Å². The number of hydrogen-bond donors (Lipinski definition) is 1. The first-order valence-electron chi connectivity index (χ1n) is 16.5. The molecule has 6 aromatic heterocycles. The van der Waals surface area contributed by atoms with Gasteiger partial charge in [0.25, 0.3) is 0 Å². The second kappa shape index (κ2) is 16.1. The highest BCUT2D eigenvalue weighted by Gasteiger charge is 2.21. The van der Waals surface area contributed by atoms with E-state index in [4.69, 9.17) is 0 Å². The number of Topliss-reactive ketones (excluding diaryl/α,β-unsaturated/α-hetero) is 2. The standard InChI is InChI=1S/C20H16N4O2S.C19H13N5O2S/c1-12-10-27-18(24-12)7-17(25)16-6-14(5-13-3-2-4-23-19(13)16)20(26)15-8-21-11-22-9-15;1-11-9-27-17(24-11)6-16(25)14-4-12(5-15-18(14)23-3-2-22-15)19(26)13-7-20-10-21-8-13/h2-6,8-11,20,26H,7H2,1H3;2-5,7-10H,6H2,1H3. The van der Waals surface area contributed by atoms with Crippen LogP contribution >= 0.6 is 22.7 Å². The van der Waals surface area contributed by atoms with Gasteiger partial charge in [-0.25, -0.2) is 29.9 Å². The van der Waals surface area contributed by atoms with E-state index in [1.165, 1.54) is 60.1 Å². The molecule has 8 aromatic rings. The number of pyridine rings is 1. The van der Waals surface area contributed by atoms with Crippen LogP contribution in [0.4, 0.5) is 0 Å². The molecule has 266 valence electrons. The van der Waals surface area contributed by atoms with E-state index in [1.54, 1.807) is 36.8 Å². The Labute approximate surface area is 316 Å². The summed E-state index contributed by atoms with van der Waals surface area (Å²) in [5, 5.41) is 16.8. The first-order chi connectivity index (χ1) is 26.2. The lowest BCUT2D eigenvalue weighted by Gasteiger charge is -2.14. The first-order valence-corrected chi connectivity index (χ1v) is 18.2. The Balaban J connectivity index is 0.000000167. The topological polar surface area (TPSA) is 187 Å². The normalized spacial score (nSPS) is 11.5. The Morgan fingerprint density at radius 1 is 0.667 bits per heavy atom. The number of hydrogen-bond acceptors (Lipinski definition) is 15. The highest BCUT2D eigenvalue weighted by molar-refractivity contribution is 7.10. The maximum atomic E-state index is 13.0. The SMILES string of the molecule is Cc1csc(CC(=O)c2cc(C(=O)c3cncnc3)cc3nccnc23)n1.Cc1csc(CC(=O)c2cc(C(O)c3cncnc3)cc3cccnc23)n1. The van der Waals surface area contributed by atoms with Crippen LogP contribution in [0.15, 0.2) is 103 Å². The summed E-state index contributed by atoms with van der Waals surface area (Å²) >= 11 is 2.90. The molecule has 0 saturated carbocycles. The molecule has 1 atom stereocenters. The molecule has 0 amide bonds. The van der Waals surface area contributed by atoms with Crippen molar-refractivity contribution in [2.45, 2.75) is 32.8 Å². The Morgan fingerprint density at radius 2 is 1.26 bits per heavy atom. The van der Waals surface area contributed by atoms with Gasteiger partial charge < -0.3 is 5.11 Å². The van der Waals surface area contributed by atoms with E-state index >= 15 is 0 Å². The number of aromatic nitrogens is 9. The molecule has 0 spiro atoms. The number of aryl methyl sites for hydroxylation is 2. The second-order valence-electron chi connectivity index (χ2n) is 12.1. The highest BCUT2D eigenvalue weighted by atomic mass is 32.1. The zero-order valence-corrected chi connectivity index (χ0v) is 30.5. The molecule has 0 fully saturated rings. The van der Waals surface area contributed by atoms with E-state index in [0.29, 0.717) is 49.9 Å². The third-order valence-electron chi connectivity index (χ3n) is 8.16. The van der Waals surface area contributed by atoms with E-state index in [-0.39, 0.29) is 30.2 Å². The van der Waals surface area contributed by atoms with Crippen molar-refractivity contribution in [3.05, 3.63) is 158 Å². The second-order valence-corrected chi connectivity index (χ2v) is 14.0. The molecule has 0 saturated heterocycles. The summed E-state index contributed by atoms with van der Waals surface area (Å²) in [6.07, 6.45) is 12.9. The van der Waals surface area contributed by atoms with Gasteiger partial charge >= 0.3 is 0 Å². The fourth-order valence-corrected chi connectivity index (χ4v) is 7.21. The third-order valence-corrected chi connectivity index (χ3v) is 10.1. The van der Waals surface area contributed by atoms with E-state index < -0.39 is 6.10 Å². The Kier molecular flexibility index (Phi) is 10.7. The molecule has 54 heavy (non-hydrogen) atoms. The van der Waals surface area contributed by atoms with Crippen molar-refractivity contribution in [1.29, 1.82) is 0 Å². The number of ketones is 3. The zero-order valence-electron chi connectivity index (χ0n) is 28.8. The molecule has 2 aromatic carbocycles. The summed E-state index contributed by atoms with van der Waals surface area (Å²) in [7, 11) is 0. The molecule has 0 aliphatic rings. The van der Waals surface area contributed by atoms with Crippen LogP contribution in [0.2, 0.25) is 0 Å². The molecule has 0 bridgehead atoms. The molecule has 0 radical (unpaired) electrons. The number of fused-ring (bicyclic) bond motifs is 2. The van der Waals surface area contributed by atoms with Gasteiger partial charge in [-0.1, -0.05) is 6.07 Å². The van der Waals surface area contributed by atoms with Gasteiger partial charge in [0.05, 0.1) is 35.0 Å². The van der Waals surface area contributed by atoms with Gasteiger partial charge in [0, 0.05) is 93.2 Å². The smallest absolute Gasteiger partial charge is 0.196 e. The molecular formula is C39H29N9O4S2. The van der Waals surface area contributed by atoms with Gasteiger partial charge in [-0.3, -0.25) is 29.3 Å². The lowest BCUT2D eigenvalue weighted by Crippen LogP contribution is -2.09. The fraction of sp³-hybridized carbons (Fsp3) is 0.128. The molecule has 13 nitrogen and oxygen atoms in total. The minimum atomic E-state index is -0.926. The molecule has 1 unspecified atom stereocenters. The lowest BCUT2D eigenvalue weighted by atomic mass is 9.96. The number of aliphatic hydroxyl groups is 1. The summed E-state index contributed by atoms with van der Waals surface area (Å²) < 4.78 is 0. The predicted molar refractivity (Wildman–Crippen MR) is 203 cm³/mol. The van der Waals surface area contributed by atoms with Crippen molar-refractivity contribution in [2.24, 2.45) is 0 Å². The Hall–Kier alpha value is -6.42. The van der Waals surface area contributed by atoms with Crippen LogP contribution in [0.5, 0.6) is 0 Å². The van der Waals surface area contributed by atoms with Crippen LogP contribution in [0.25, 0.3) is 21.9 Å². The molecular weight excluding hydrogens is 723 g/mol. The molecule has 0 aliphatic heterocycles. The minimum absolute atomic E-state index is 0.0774. The first kappa shape index (κ1) is 36.0. The van der Waals surface area contributed by atoms with Crippen molar-refractivity contribution in [2.75, 3.05) is 0 Å². The summed E-state index contributed by atoms with van der Waals surface area (Å²) in [5.74, 6) is -0.512. The van der Waals surface area contributed by atoms with E-state index in [2.05, 4.69) is 44.9 Å². The zero-order chi connectivity index (χ0) is 37.6. The monoisotopic (exact) mass is 751 g/mol. The fourth-order valence-electron chi connectivity index (χ4n) is 5.66. The lowest BCUT2D eigenvalue weighted by molar-refractivity contribution is 0.0985. The Bertz CT molecular complexity index is 2630. The van der Waals surface area contributed by atoms with E-state index in [0.717, 1.165) is 26.8 Å². The largest absolute Gasteiger partial charge is 0.384 e. The maximum Gasteiger partial charge on any atom is 0.196 e. The number of thiazole rings is 2. The minimum Gasteiger partial charge on any atom is -0.384 e. The number of carbonyl (C=O) groups is 3. The van der Waals surface area contributed by atoms with Crippen LogP contribution in [-0.4, -0.2) is 67.3 Å². The maximum absolute atomic E-state index is 13.0. The van der Waals surface area contributed by atoms with Gasteiger partial charge in [-0.15, -0.1) is 22.7 Å². The summed E-state index contributed by atoms with van der Waals surface area (Å²) in [4.78, 5) is 75.9. The number of benzene rings is 2. The van der Waals surface area contributed by atoms with Gasteiger partial charge in [-0.2, -0.15) is 0 Å². The quantitative estimate of drug-likeness (QED) is 0.157.